The highest BCUT2D eigenvalue weighted by molar-refractivity contribution is 7.89. The topological polar surface area (TPSA) is 108 Å². The zero-order valence-electron chi connectivity index (χ0n) is 20.4. The largest absolute Gasteiger partial charge is 0.444 e. The van der Waals surface area contributed by atoms with Gasteiger partial charge in [0.15, 0.2) is 0 Å². The lowest BCUT2D eigenvalue weighted by Crippen LogP contribution is -2.49. The first-order valence-corrected chi connectivity index (χ1v) is 13.0. The van der Waals surface area contributed by atoms with Crippen LogP contribution in [0.2, 0.25) is 0 Å². The first-order chi connectivity index (χ1) is 15.5. The Kier molecular flexibility index (Phi) is 9.69. The minimum absolute atomic E-state index is 0.0543. The second-order valence-corrected chi connectivity index (χ2v) is 11.1. The van der Waals surface area contributed by atoms with Gasteiger partial charge in [0.2, 0.25) is 15.9 Å². The zero-order valence-corrected chi connectivity index (χ0v) is 21.2. The second kappa shape index (κ2) is 11.8. The summed E-state index contributed by atoms with van der Waals surface area (Å²) < 4.78 is 31.9. The molecule has 1 fully saturated rings. The predicted molar refractivity (Wildman–Crippen MR) is 129 cm³/mol. The molecule has 0 bridgehead atoms. The molecule has 1 aromatic carbocycles. The Morgan fingerprint density at radius 2 is 1.76 bits per heavy atom. The number of nitrogens with one attached hydrogen (secondary N) is 2. The number of hydrogen-bond donors (Lipinski definition) is 2. The number of benzene rings is 1. The van der Waals surface area contributed by atoms with Gasteiger partial charge in [-0.25, -0.2) is 13.2 Å². The summed E-state index contributed by atoms with van der Waals surface area (Å²) in [5.74, 6) is -0.182. The molecule has 1 aliphatic heterocycles. The number of amides is 2. The standard InChI is InChI=1S/C23H38N4O5S/c1-6-27(7-2)33(30,31)20-13-11-18(12-14-20)25-21(28)17-26-15-9-8-10-19(26)16-24-22(29)32-23(3,4)5/h11-14,19H,6-10,15-17H2,1-5H3,(H,24,29)(H,25,28). The molecule has 0 aromatic heterocycles. The summed E-state index contributed by atoms with van der Waals surface area (Å²) in [4.78, 5) is 26.9. The van der Waals surface area contributed by atoms with Crippen LogP contribution in [0.1, 0.15) is 53.9 Å². The lowest BCUT2D eigenvalue weighted by molar-refractivity contribution is -0.118. The fourth-order valence-corrected chi connectivity index (χ4v) is 5.28. The number of carbonyl (C=O) groups excluding carboxylic acids is 2. The van der Waals surface area contributed by atoms with E-state index in [2.05, 4.69) is 15.5 Å². The summed E-state index contributed by atoms with van der Waals surface area (Å²) in [5, 5.41) is 5.65. The summed E-state index contributed by atoms with van der Waals surface area (Å²) >= 11 is 0. The molecule has 0 radical (unpaired) electrons. The monoisotopic (exact) mass is 482 g/mol. The van der Waals surface area contributed by atoms with Gasteiger partial charge in [0.05, 0.1) is 11.4 Å². The number of nitrogens with zero attached hydrogens (tertiary/aromatic N) is 2. The SMILES string of the molecule is CCN(CC)S(=O)(=O)c1ccc(NC(=O)CN2CCCCC2CNC(=O)OC(C)(C)C)cc1. The molecule has 1 unspecified atom stereocenters. The van der Waals surface area contributed by atoms with Crippen molar-refractivity contribution in [1.82, 2.24) is 14.5 Å². The van der Waals surface area contributed by atoms with Gasteiger partial charge in [-0.05, 0) is 64.4 Å². The van der Waals surface area contributed by atoms with Crippen LogP contribution >= 0.6 is 0 Å². The molecule has 2 amide bonds. The van der Waals surface area contributed by atoms with Crippen LogP contribution in [-0.2, 0) is 19.6 Å². The summed E-state index contributed by atoms with van der Waals surface area (Å²) in [6.45, 7) is 11.2. The molecule has 0 saturated carbocycles. The van der Waals surface area contributed by atoms with Crippen molar-refractivity contribution in [2.24, 2.45) is 0 Å². The Balaban J connectivity index is 1.93. The van der Waals surface area contributed by atoms with E-state index in [0.717, 1.165) is 25.8 Å². The van der Waals surface area contributed by atoms with Gasteiger partial charge in [0, 0.05) is 31.4 Å². The normalized spacial score (nSPS) is 17.6. The fourth-order valence-electron chi connectivity index (χ4n) is 3.82. The maximum atomic E-state index is 12.6. The molecule has 1 atom stereocenters. The molecule has 1 saturated heterocycles. The third-order valence-electron chi connectivity index (χ3n) is 5.46. The van der Waals surface area contributed by atoms with E-state index in [1.54, 1.807) is 26.0 Å². The van der Waals surface area contributed by atoms with E-state index in [-0.39, 0.29) is 23.4 Å². The molecule has 0 aliphatic carbocycles. The molecule has 10 heteroatoms. The van der Waals surface area contributed by atoms with Gasteiger partial charge >= 0.3 is 6.09 Å². The van der Waals surface area contributed by atoms with Gasteiger partial charge in [0.1, 0.15) is 5.60 Å². The highest BCUT2D eigenvalue weighted by Crippen LogP contribution is 2.20. The van der Waals surface area contributed by atoms with Crippen molar-refractivity contribution in [2.75, 3.05) is 38.0 Å². The Bertz CT molecular complexity index is 892. The molecule has 9 nitrogen and oxygen atoms in total. The van der Waals surface area contributed by atoms with Gasteiger partial charge < -0.3 is 15.4 Å². The molecule has 33 heavy (non-hydrogen) atoms. The van der Waals surface area contributed by atoms with E-state index < -0.39 is 21.7 Å². The Morgan fingerprint density at radius 3 is 2.33 bits per heavy atom. The van der Waals surface area contributed by atoms with E-state index in [0.29, 0.717) is 25.3 Å². The van der Waals surface area contributed by atoms with Gasteiger partial charge in [-0.3, -0.25) is 9.69 Å². The van der Waals surface area contributed by atoms with Crippen molar-refractivity contribution in [1.29, 1.82) is 0 Å². The van der Waals surface area contributed by atoms with Crippen molar-refractivity contribution in [3.05, 3.63) is 24.3 Å². The molecule has 1 aromatic rings. The second-order valence-electron chi connectivity index (χ2n) is 9.16. The van der Waals surface area contributed by atoms with Crippen LogP contribution in [0.25, 0.3) is 0 Å². The minimum atomic E-state index is -3.53. The maximum Gasteiger partial charge on any atom is 0.407 e. The van der Waals surface area contributed by atoms with Gasteiger partial charge in [-0.15, -0.1) is 0 Å². The molecule has 2 N–H and O–H groups in total. The molecular weight excluding hydrogens is 444 g/mol. The van der Waals surface area contributed by atoms with E-state index in [1.807, 2.05) is 20.8 Å². The van der Waals surface area contributed by atoms with Crippen LogP contribution in [0, 0.1) is 0 Å². The Morgan fingerprint density at radius 1 is 1.12 bits per heavy atom. The van der Waals surface area contributed by atoms with E-state index in [1.165, 1.54) is 16.4 Å². The third-order valence-corrected chi connectivity index (χ3v) is 7.52. The van der Waals surface area contributed by atoms with Crippen LogP contribution in [0.3, 0.4) is 0 Å². The number of carbonyl (C=O) groups is 2. The van der Waals surface area contributed by atoms with Crippen molar-refractivity contribution < 1.29 is 22.7 Å². The van der Waals surface area contributed by atoms with Gasteiger partial charge in [-0.1, -0.05) is 20.3 Å². The molecule has 186 valence electrons. The number of ether oxygens (including phenoxy) is 1. The molecular formula is C23H38N4O5S. The molecule has 1 heterocycles. The molecule has 1 aliphatic rings. The number of hydrogen-bond acceptors (Lipinski definition) is 6. The van der Waals surface area contributed by atoms with E-state index in [9.17, 15) is 18.0 Å². The summed E-state index contributed by atoms with van der Waals surface area (Å²) in [6, 6.07) is 6.28. The lowest BCUT2D eigenvalue weighted by atomic mass is 10.0. The highest BCUT2D eigenvalue weighted by Gasteiger charge is 2.26. The van der Waals surface area contributed by atoms with Crippen LogP contribution in [0.15, 0.2) is 29.2 Å². The summed E-state index contributed by atoms with van der Waals surface area (Å²) in [7, 11) is -3.53. The zero-order chi connectivity index (χ0) is 24.6. The number of alkyl carbamates (subject to hydrolysis) is 1. The molecule has 0 spiro atoms. The van der Waals surface area contributed by atoms with Gasteiger partial charge in [-0.2, -0.15) is 4.31 Å². The van der Waals surface area contributed by atoms with Crippen LogP contribution < -0.4 is 10.6 Å². The predicted octanol–water partition coefficient (Wildman–Crippen LogP) is 3.03. The first kappa shape index (κ1) is 27.1. The van der Waals surface area contributed by atoms with Crippen molar-refractivity contribution >= 4 is 27.7 Å². The maximum absolute atomic E-state index is 12.6. The minimum Gasteiger partial charge on any atom is -0.444 e. The fraction of sp³-hybridized carbons (Fsp3) is 0.652. The van der Waals surface area contributed by atoms with Crippen LogP contribution in [0.5, 0.6) is 0 Å². The van der Waals surface area contributed by atoms with E-state index in [4.69, 9.17) is 4.74 Å². The van der Waals surface area contributed by atoms with Gasteiger partial charge in [0.25, 0.3) is 0 Å². The smallest absolute Gasteiger partial charge is 0.407 e. The molecule has 2 rings (SSSR count). The number of sulfonamides is 1. The number of anilines is 1. The average Bonchev–Trinajstić information content (AvgIpc) is 2.73. The highest BCUT2D eigenvalue weighted by atomic mass is 32.2. The number of rotatable bonds is 9. The third kappa shape index (κ3) is 8.28. The van der Waals surface area contributed by atoms with Crippen LogP contribution in [0.4, 0.5) is 10.5 Å². The average molecular weight is 483 g/mol. The Labute approximate surface area is 197 Å². The Hall–Kier alpha value is -2.17. The van der Waals surface area contributed by atoms with Crippen molar-refractivity contribution in [2.45, 2.75) is 70.4 Å². The number of likely N-dealkylation sites (tertiary alicyclic amines) is 1. The summed E-state index contributed by atoms with van der Waals surface area (Å²) in [5.41, 5.74) is -0.0184. The first-order valence-electron chi connectivity index (χ1n) is 11.6. The van der Waals surface area contributed by atoms with Crippen molar-refractivity contribution in [3.8, 4) is 0 Å². The van der Waals surface area contributed by atoms with E-state index >= 15 is 0 Å². The lowest BCUT2D eigenvalue weighted by Gasteiger charge is -2.35. The van der Waals surface area contributed by atoms with Crippen LogP contribution in [-0.4, -0.2) is 74.0 Å². The number of piperidine rings is 1. The van der Waals surface area contributed by atoms with Crippen molar-refractivity contribution in [3.63, 3.8) is 0 Å². The summed E-state index contributed by atoms with van der Waals surface area (Å²) in [6.07, 6.45) is 2.47. The quantitative estimate of drug-likeness (QED) is 0.560.